The molecule has 114 valence electrons. The number of methoxy groups -OCH3 is 1. The van der Waals surface area contributed by atoms with Crippen LogP contribution in [0.25, 0.3) is 0 Å². The van der Waals surface area contributed by atoms with E-state index in [1.54, 1.807) is 13.2 Å². The van der Waals surface area contributed by atoms with Gasteiger partial charge in [0.15, 0.2) is 0 Å². The molecule has 1 aromatic heterocycles. The molecule has 1 heterocycles. The molecule has 0 aliphatic heterocycles. The predicted molar refractivity (Wildman–Crippen MR) is 79.6 cm³/mol. The van der Waals surface area contributed by atoms with Crippen LogP contribution in [0.4, 0.5) is 0 Å². The molecule has 0 aromatic carbocycles. The van der Waals surface area contributed by atoms with Crippen molar-refractivity contribution in [3.05, 3.63) is 36.7 Å². The van der Waals surface area contributed by atoms with E-state index in [1.807, 2.05) is 19.3 Å². The van der Waals surface area contributed by atoms with Crippen LogP contribution in [0.15, 0.2) is 31.0 Å². The zero-order valence-electron chi connectivity index (χ0n) is 12.5. The van der Waals surface area contributed by atoms with Gasteiger partial charge in [0.05, 0.1) is 25.9 Å². The Morgan fingerprint density at radius 3 is 2.95 bits per heavy atom. The van der Waals surface area contributed by atoms with Gasteiger partial charge in [0.2, 0.25) is 0 Å². The van der Waals surface area contributed by atoms with E-state index in [1.165, 1.54) is 5.69 Å². The van der Waals surface area contributed by atoms with Crippen molar-refractivity contribution < 1.29 is 14.6 Å². The standard InChI is InChI=1S/C15H26N2O3/c1-4-9-20-13-15(18)12-17(8-10-19-3)11-14-6-5-7-16(14)2/h4-7,15,18H,1,8-13H2,2-3H3. The molecular weight excluding hydrogens is 256 g/mol. The Labute approximate surface area is 121 Å². The molecule has 0 saturated heterocycles. The minimum absolute atomic E-state index is 0.322. The second-order valence-electron chi connectivity index (χ2n) is 4.82. The largest absolute Gasteiger partial charge is 0.389 e. The monoisotopic (exact) mass is 282 g/mol. The van der Waals surface area contributed by atoms with Crippen LogP contribution in [-0.4, -0.2) is 60.7 Å². The van der Waals surface area contributed by atoms with Crippen molar-refractivity contribution in [2.24, 2.45) is 7.05 Å². The third kappa shape index (κ3) is 6.34. The number of hydrogen-bond acceptors (Lipinski definition) is 4. The number of hydrogen-bond donors (Lipinski definition) is 1. The third-order valence-corrected chi connectivity index (χ3v) is 3.06. The van der Waals surface area contributed by atoms with Crippen molar-refractivity contribution in [2.75, 3.05) is 40.0 Å². The highest BCUT2D eigenvalue weighted by molar-refractivity contribution is 5.06. The fourth-order valence-corrected chi connectivity index (χ4v) is 1.98. The van der Waals surface area contributed by atoms with E-state index in [2.05, 4.69) is 22.1 Å². The number of aliphatic hydroxyl groups is 1. The summed E-state index contributed by atoms with van der Waals surface area (Å²) in [7, 11) is 3.71. The van der Waals surface area contributed by atoms with E-state index in [4.69, 9.17) is 9.47 Å². The minimum atomic E-state index is -0.507. The summed E-state index contributed by atoms with van der Waals surface area (Å²) >= 11 is 0. The normalized spacial score (nSPS) is 12.8. The van der Waals surface area contributed by atoms with Crippen molar-refractivity contribution in [1.82, 2.24) is 9.47 Å². The quantitative estimate of drug-likeness (QED) is 0.486. The predicted octanol–water partition coefficient (Wildman–Crippen LogP) is 1.04. The minimum Gasteiger partial charge on any atom is -0.389 e. The molecule has 5 nitrogen and oxygen atoms in total. The number of nitrogens with zero attached hydrogens (tertiary/aromatic N) is 2. The molecule has 1 aromatic rings. The van der Waals surface area contributed by atoms with Gasteiger partial charge in [-0.1, -0.05) is 6.08 Å². The van der Waals surface area contributed by atoms with Gasteiger partial charge in [-0.3, -0.25) is 4.90 Å². The summed E-state index contributed by atoms with van der Waals surface area (Å²) < 4.78 is 12.5. The van der Waals surface area contributed by atoms with E-state index < -0.39 is 6.10 Å². The first kappa shape index (κ1) is 16.9. The Hall–Kier alpha value is -1.14. The van der Waals surface area contributed by atoms with E-state index in [9.17, 15) is 5.11 Å². The van der Waals surface area contributed by atoms with Gasteiger partial charge in [0.1, 0.15) is 0 Å². The van der Waals surface area contributed by atoms with Crippen LogP contribution in [0.3, 0.4) is 0 Å². The van der Waals surface area contributed by atoms with Gasteiger partial charge in [-0.2, -0.15) is 0 Å². The molecule has 0 bridgehead atoms. The molecule has 0 fully saturated rings. The maximum atomic E-state index is 9.99. The topological polar surface area (TPSA) is 46.9 Å². The lowest BCUT2D eigenvalue weighted by Gasteiger charge is -2.25. The van der Waals surface area contributed by atoms with Gasteiger partial charge in [0.25, 0.3) is 0 Å². The van der Waals surface area contributed by atoms with E-state index in [0.717, 1.165) is 13.1 Å². The van der Waals surface area contributed by atoms with Crippen molar-refractivity contribution in [1.29, 1.82) is 0 Å². The Bertz CT molecular complexity index is 379. The van der Waals surface area contributed by atoms with Crippen molar-refractivity contribution in [3.63, 3.8) is 0 Å². The number of aromatic nitrogens is 1. The molecule has 1 unspecified atom stereocenters. The van der Waals surface area contributed by atoms with Crippen LogP contribution >= 0.6 is 0 Å². The van der Waals surface area contributed by atoms with Crippen molar-refractivity contribution >= 4 is 0 Å². The lowest BCUT2D eigenvalue weighted by atomic mass is 10.3. The summed E-state index contributed by atoms with van der Waals surface area (Å²) in [5.41, 5.74) is 1.21. The molecule has 20 heavy (non-hydrogen) atoms. The number of rotatable bonds is 11. The fraction of sp³-hybridized carbons (Fsp3) is 0.600. The molecular formula is C15H26N2O3. The van der Waals surface area contributed by atoms with E-state index >= 15 is 0 Å². The lowest BCUT2D eigenvalue weighted by Crippen LogP contribution is -2.37. The average Bonchev–Trinajstić information content (AvgIpc) is 2.82. The summed E-state index contributed by atoms with van der Waals surface area (Å²) in [4.78, 5) is 2.17. The van der Waals surface area contributed by atoms with Crippen LogP contribution in [0, 0.1) is 0 Å². The number of aryl methyl sites for hydroxylation is 1. The summed E-state index contributed by atoms with van der Waals surface area (Å²) in [6.45, 7) is 7.14. The molecule has 1 N–H and O–H groups in total. The van der Waals surface area contributed by atoms with Crippen LogP contribution < -0.4 is 0 Å². The first-order valence-corrected chi connectivity index (χ1v) is 6.85. The molecule has 1 rings (SSSR count). The van der Waals surface area contributed by atoms with E-state index in [0.29, 0.717) is 26.4 Å². The maximum absolute atomic E-state index is 9.99. The zero-order chi connectivity index (χ0) is 14.8. The zero-order valence-corrected chi connectivity index (χ0v) is 12.5. The van der Waals surface area contributed by atoms with Crippen LogP contribution in [0.2, 0.25) is 0 Å². The van der Waals surface area contributed by atoms with Gasteiger partial charge in [-0.05, 0) is 12.1 Å². The second kappa shape index (κ2) is 9.72. The Morgan fingerprint density at radius 1 is 1.55 bits per heavy atom. The molecule has 1 atom stereocenters. The molecule has 0 aliphatic rings. The van der Waals surface area contributed by atoms with Crippen LogP contribution in [0.5, 0.6) is 0 Å². The summed E-state index contributed by atoms with van der Waals surface area (Å²) in [5.74, 6) is 0. The number of aliphatic hydroxyl groups excluding tert-OH is 1. The molecule has 0 spiro atoms. The fourth-order valence-electron chi connectivity index (χ4n) is 1.98. The van der Waals surface area contributed by atoms with E-state index in [-0.39, 0.29) is 0 Å². The highest BCUT2D eigenvalue weighted by atomic mass is 16.5. The highest BCUT2D eigenvalue weighted by Gasteiger charge is 2.13. The summed E-state index contributed by atoms with van der Waals surface area (Å²) in [6, 6.07) is 4.11. The Balaban J connectivity index is 2.46. The summed E-state index contributed by atoms with van der Waals surface area (Å²) in [5, 5.41) is 9.99. The molecule has 0 saturated carbocycles. The molecule has 5 heteroatoms. The maximum Gasteiger partial charge on any atom is 0.0900 e. The SMILES string of the molecule is C=CCOCC(O)CN(CCOC)Cc1cccn1C. The van der Waals surface area contributed by atoms with Gasteiger partial charge in [-0.25, -0.2) is 0 Å². The smallest absolute Gasteiger partial charge is 0.0900 e. The molecule has 0 aliphatic carbocycles. The van der Waals surface area contributed by atoms with Gasteiger partial charge >= 0.3 is 0 Å². The van der Waals surface area contributed by atoms with Crippen molar-refractivity contribution in [2.45, 2.75) is 12.6 Å². The highest BCUT2D eigenvalue weighted by Crippen LogP contribution is 2.06. The van der Waals surface area contributed by atoms with Gasteiger partial charge in [0, 0.05) is 45.7 Å². The van der Waals surface area contributed by atoms with Gasteiger partial charge < -0.3 is 19.1 Å². The Morgan fingerprint density at radius 2 is 2.35 bits per heavy atom. The second-order valence-corrected chi connectivity index (χ2v) is 4.82. The van der Waals surface area contributed by atoms with Crippen LogP contribution in [0.1, 0.15) is 5.69 Å². The Kier molecular flexibility index (Phi) is 8.22. The molecule has 0 radical (unpaired) electrons. The van der Waals surface area contributed by atoms with Gasteiger partial charge in [-0.15, -0.1) is 6.58 Å². The first-order valence-electron chi connectivity index (χ1n) is 6.85. The molecule has 0 amide bonds. The average molecular weight is 282 g/mol. The third-order valence-electron chi connectivity index (χ3n) is 3.06. The lowest BCUT2D eigenvalue weighted by molar-refractivity contribution is 0.0190. The van der Waals surface area contributed by atoms with Crippen LogP contribution in [-0.2, 0) is 23.1 Å². The summed E-state index contributed by atoms with van der Waals surface area (Å²) in [6.07, 6.45) is 3.19. The first-order chi connectivity index (χ1) is 9.67. The van der Waals surface area contributed by atoms with Crippen molar-refractivity contribution in [3.8, 4) is 0 Å². The number of ether oxygens (including phenoxy) is 2.